The number of hydrogen-bond donors (Lipinski definition) is 0. The normalized spacial score (nSPS) is 19.7. The molecule has 86 valence electrons. The third-order valence-electron chi connectivity index (χ3n) is 3.29. The smallest absolute Gasteiger partial charge is 0.0275 e. The lowest BCUT2D eigenvalue weighted by Crippen LogP contribution is -2.37. The van der Waals surface area contributed by atoms with Crippen molar-refractivity contribution in [2.24, 2.45) is 0 Å². The van der Waals surface area contributed by atoms with Crippen LogP contribution in [0, 0.1) is 0 Å². The summed E-state index contributed by atoms with van der Waals surface area (Å²) in [7, 11) is 0. The summed E-state index contributed by atoms with van der Waals surface area (Å²) in [6.07, 6.45) is 13.3. The second-order valence-corrected chi connectivity index (χ2v) is 4.47. The second kappa shape index (κ2) is 7.70. The first-order chi connectivity index (χ1) is 7.38. The van der Waals surface area contributed by atoms with E-state index < -0.39 is 0 Å². The Hall–Kier alpha value is -0.560. The standard InChI is InChI=1S/C14H25N/c1-3-5-6-8-11-14(4-2)15-12-9-7-10-13-15/h3-4,14H,1-2,5-13H2. The van der Waals surface area contributed by atoms with Crippen LogP contribution in [0.15, 0.2) is 25.3 Å². The van der Waals surface area contributed by atoms with Gasteiger partial charge < -0.3 is 0 Å². The van der Waals surface area contributed by atoms with Crippen LogP contribution in [-0.2, 0) is 0 Å². The first-order valence-corrected chi connectivity index (χ1v) is 6.36. The summed E-state index contributed by atoms with van der Waals surface area (Å²) >= 11 is 0. The van der Waals surface area contributed by atoms with E-state index in [0.717, 1.165) is 6.42 Å². The van der Waals surface area contributed by atoms with Crippen molar-refractivity contribution in [3.8, 4) is 0 Å². The number of unbranched alkanes of at least 4 members (excludes halogenated alkanes) is 2. The molecule has 1 fully saturated rings. The summed E-state index contributed by atoms with van der Waals surface area (Å²) in [5, 5.41) is 0. The average Bonchev–Trinajstić information content (AvgIpc) is 2.30. The van der Waals surface area contributed by atoms with Gasteiger partial charge in [0.25, 0.3) is 0 Å². The van der Waals surface area contributed by atoms with Gasteiger partial charge in [0.15, 0.2) is 0 Å². The molecule has 1 nitrogen and oxygen atoms in total. The van der Waals surface area contributed by atoms with E-state index in [1.54, 1.807) is 0 Å². The van der Waals surface area contributed by atoms with E-state index in [4.69, 9.17) is 0 Å². The van der Waals surface area contributed by atoms with Crippen molar-refractivity contribution in [2.45, 2.75) is 51.0 Å². The van der Waals surface area contributed by atoms with Crippen LogP contribution in [0.2, 0.25) is 0 Å². The molecule has 1 aliphatic heterocycles. The summed E-state index contributed by atoms with van der Waals surface area (Å²) in [5.74, 6) is 0. The molecule has 0 spiro atoms. The molecule has 1 heteroatoms. The zero-order valence-electron chi connectivity index (χ0n) is 9.96. The van der Waals surface area contributed by atoms with Gasteiger partial charge in [0, 0.05) is 6.04 Å². The van der Waals surface area contributed by atoms with Crippen molar-refractivity contribution < 1.29 is 0 Å². The molecule has 0 bridgehead atoms. The molecule has 1 heterocycles. The van der Waals surface area contributed by atoms with Gasteiger partial charge in [-0.05, 0) is 45.2 Å². The molecule has 0 aromatic rings. The molecule has 0 radical (unpaired) electrons. The van der Waals surface area contributed by atoms with E-state index in [2.05, 4.69) is 24.1 Å². The average molecular weight is 207 g/mol. The van der Waals surface area contributed by atoms with Gasteiger partial charge in [-0.15, -0.1) is 13.2 Å². The molecule has 1 atom stereocenters. The van der Waals surface area contributed by atoms with E-state index in [1.807, 2.05) is 6.08 Å². The Labute approximate surface area is 94.9 Å². The highest BCUT2D eigenvalue weighted by Crippen LogP contribution is 2.17. The Balaban J connectivity index is 2.21. The third-order valence-corrected chi connectivity index (χ3v) is 3.29. The number of rotatable bonds is 7. The summed E-state index contributed by atoms with van der Waals surface area (Å²) in [6, 6.07) is 0.620. The highest BCUT2D eigenvalue weighted by molar-refractivity contribution is 4.89. The van der Waals surface area contributed by atoms with Gasteiger partial charge >= 0.3 is 0 Å². The van der Waals surface area contributed by atoms with E-state index in [-0.39, 0.29) is 0 Å². The van der Waals surface area contributed by atoms with Gasteiger partial charge in [0.1, 0.15) is 0 Å². The van der Waals surface area contributed by atoms with Crippen LogP contribution in [0.4, 0.5) is 0 Å². The van der Waals surface area contributed by atoms with Crippen molar-refractivity contribution in [3.63, 3.8) is 0 Å². The monoisotopic (exact) mass is 207 g/mol. The molecule has 0 N–H and O–H groups in total. The van der Waals surface area contributed by atoms with Gasteiger partial charge in [-0.25, -0.2) is 0 Å². The van der Waals surface area contributed by atoms with E-state index in [1.165, 1.54) is 51.6 Å². The maximum atomic E-state index is 3.97. The Kier molecular flexibility index (Phi) is 6.42. The zero-order valence-corrected chi connectivity index (χ0v) is 9.96. The van der Waals surface area contributed by atoms with Crippen molar-refractivity contribution >= 4 is 0 Å². The molecule has 0 aromatic heterocycles. The van der Waals surface area contributed by atoms with Crippen LogP contribution < -0.4 is 0 Å². The van der Waals surface area contributed by atoms with Gasteiger partial charge in [-0.2, -0.15) is 0 Å². The molecular weight excluding hydrogens is 182 g/mol. The number of likely N-dealkylation sites (tertiary alicyclic amines) is 1. The predicted molar refractivity (Wildman–Crippen MR) is 68.1 cm³/mol. The number of piperidine rings is 1. The topological polar surface area (TPSA) is 3.24 Å². The molecule has 1 unspecified atom stereocenters. The van der Waals surface area contributed by atoms with Crippen LogP contribution in [0.1, 0.15) is 44.9 Å². The quantitative estimate of drug-likeness (QED) is 0.454. The number of hydrogen-bond acceptors (Lipinski definition) is 1. The van der Waals surface area contributed by atoms with Gasteiger partial charge in [0.2, 0.25) is 0 Å². The Bertz CT molecular complexity index is 180. The van der Waals surface area contributed by atoms with Crippen LogP contribution in [-0.4, -0.2) is 24.0 Å². The fourth-order valence-electron chi connectivity index (χ4n) is 2.34. The zero-order chi connectivity index (χ0) is 10.9. The molecule has 0 saturated carbocycles. The fourth-order valence-corrected chi connectivity index (χ4v) is 2.34. The van der Waals surface area contributed by atoms with Crippen molar-refractivity contribution in [2.75, 3.05) is 13.1 Å². The van der Waals surface area contributed by atoms with Crippen molar-refractivity contribution in [1.82, 2.24) is 4.90 Å². The van der Waals surface area contributed by atoms with Crippen LogP contribution in [0.3, 0.4) is 0 Å². The number of allylic oxidation sites excluding steroid dienone is 1. The lowest BCUT2D eigenvalue weighted by atomic mass is 10.0. The summed E-state index contributed by atoms with van der Waals surface area (Å²) < 4.78 is 0. The van der Waals surface area contributed by atoms with Gasteiger partial charge in [0.05, 0.1) is 0 Å². The molecule has 1 saturated heterocycles. The van der Waals surface area contributed by atoms with E-state index >= 15 is 0 Å². The maximum absolute atomic E-state index is 3.97. The Morgan fingerprint density at radius 1 is 1.07 bits per heavy atom. The lowest BCUT2D eigenvalue weighted by molar-refractivity contribution is 0.182. The van der Waals surface area contributed by atoms with Crippen LogP contribution in [0.5, 0.6) is 0 Å². The minimum atomic E-state index is 0.620. The molecule has 15 heavy (non-hydrogen) atoms. The van der Waals surface area contributed by atoms with Crippen molar-refractivity contribution in [3.05, 3.63) is 25.3 Å². The molecule has 0 aromatic carbocycles. The number of nitrogens with zero attached hydrogens (tertiary/aromatic N) is 1. The largest absolute Gasteiger partial charge is 0.297 e. The minimum absolute atomic E-state index is 0.620. The van der Waals surface area contributed by atoms with Gasteiger partial charge in [-0.1, -0.05) is 25.0 Å². The predicted octanol–water partition coefficient (Wildman–Crippen LogP) is 3.77. The highest BCUT2D eigenvalue weighted by atomic mass is 15.2. The highest BCUT2D eigenvalue weighted by Gasteiger charge is 2.16. The van der Waals surface area contributed by atoms with E-state index in [9.17, 15) is 0 Å². The molecule has 0 aliphatic carbocycles. The Morgan fingerprint density at radius 2 is 1.80 bits per heavy atom. The first kappa shape index (κ1) is 12.5. The van der Waals surface area contributed by atoms with E-state index in [0.29, 0.717) is 6.04 Å². The molecular formula is C14H25N. The summed E-state index contributed by atoms with van der Waals surface area (Å²) in [4.78, 5) is 2.60. The second-order valence-electron chi connectivity index (χ2n) is 4.47. The SMILES string of the molecule is C=CCCCCC(C=C)N1CCCCC1. The molecule has 1 aliphatic rings. The Morgan fingerprint density at radius 3 is 2.40 bits per heavy atom. The first-order valence-electron chi connectivity index (χ1n) is 6.36. The summed E-state index contributed by atoms with van der Waals surface area (Å²) in [5.41, 5.74) is 0. The van der Waals surface area contributed by atoms with Crippen LogP contribution >= 0.6 is 0 Å². The maximum Gasteiger partial charge on any atom is 0.0275 e. The molecule has 1 rings (SSSR count). The minimum Gasteiger partial charge on any atom is -0.297 e. The molecule has 0 amide bonds. The third kappa shape index (κ3) is 4.65. The fraction of sp³-hybridized carbons (Fsp3) is 0.714. The van der Waals surface area contributed by atoms with Crippen LogP contribution in [0.25, 0.3) is 0 Å². The summed E-state index contributed by atoms with van der Waals surface area (Å²) in [6.45, 7) is 10.3. The van der Waals surface area contributed by atoms with Gasteiger partial charge in [-0.3, -0.25) is 4.90 Å². The lowest BCUT2D eigenvalue weighted by Gasteiger charge is -2.32. The van der Waals surface area contributed by atoms with Crippen molar-refractivity contribution in [1.29, 1.82) is 0 Å².